The quantitative estimate of drug-likeness (QED) is 0.0989. The SMILES string of the molecule is [C-]#[N+]c1ccc2c3c1ccc1c(-c4c5ccccc5c(-c5cccc6ccccc56)c5ccccc45)ccc(c13)n2-c1cc2ccccc2c2ccccc12. The zero-order chi connectivity index (χ0) is 36.2. The smallest absolute Gasteiger partial charge is 0.195 e. The normalized spacial score (nSPS) is 12.0. The third-order valence-electron chi connectivity index (χ3n) is 11.9. The summed E-state index contributed by atoms with van der Waals surface area (Å²) in [6.45, 7) is 8.14. The van der Waals surface area contributed by atoms with Crippen molar-refractivity contribution in [1.82, 2.24) is 4.57 Å². The third-order valence-corrected chi connectivity index (χ3v) is 11.9. The molecule has 1 heterocycles. The second-order valence-electron chi connectivity index (χ2n) is 14.6. The molecule has 0 saturated carbocycles. The Bertz CT molecular complexity index is 3550. The molecule has 0 radical (unpaired) electrons. The summed E-state index contributed by atoms with van der Waals surface area (Å²) >= 11 is 0. The van der Waals surface area contributed by atoms with Gasteiger partial charge in [-0.25, -0.2) is 4.85 Å². The Labute approximate surface area is 316 Å². The fourth-order valence-corrected chi connectivity index (χ4v) is 9.69. The van der Waals surface area contributed by atoms with E-state index in [1.807, 2.05) is 6.07 Å². The van der Waals surface area contributed by atoms with Crippen LogP contribution in [-0.2, 0) is 0 Å². The van der Waals surface area contributed by atoms with Gasteiger partial charge in [-0.05, 0) is 99.7 Å². The average molecular weight is 695 g/mol. The molecule has 0 fully saturated rings. The molecule has 12 rings (SSSR count). The monoisotopic (exact) mass is 694 g/mol. The highest BCUT2D eigenvalue weighted by molar-refractivity contribution is 6.32. The van der Waals surface area contributed by atoms with Gasteiger partial charge in [0, 0.05) is 16.2 Å². The lowest BCUT2D eigenvalue weighted by atomic mass is 9.83. The molecule has 252 valence electrons. The van der Waals surface area contributed by atoms with E-state index in [1.165, 1.54) is 86.9 Å². The van der Waals surface area contributed by atoms with Crippen LogP contribution in [0, 0.1) is 6.57 Å². The molecular formula is C53H30N2. The van der Waals surface area contributed by atoms with Crippen LogP contribution in [0.5, 0.6) is 0 Å². The number of fused-ring (bicyclic) bond motifs is 6. The summed E-state index contributed by atoms with van der Waals surface area (Å²) in [6, 6.07) is 66.2. The van der Waals surface area contributed by atoms with Crippen LogP contribution < -0.4 is 0 Å². The Hall–Kier alpha value is -7.47. The molecule has 2 nitrogen and oxygen atoms in total. The molecule has 0 amide bonds. The summed E-state index contributed by atoms with van der Waals surface area (Å²) in [5.74, 6) is 0. The highest BCUT2D eigenvalue weighted by Crippen LogP contribution is 2.50. The molecule has 0 bridgehead atoms. The lowest BCUT2D eigenvalue weighted by Gasteiger charge is -2.20. The predicted molar refractivity (Wildman–Crippen MR) is 234 cm³/mol. The predicted octanol–water partition coefficient (Wildman–Crippen LogP) is 15.0. The van der Waals surface area contributed by atoms with Gasteiger partial charge in [-0.1, -0.05) is 164 Å². The van der Waals surface area contributed by atoms with Gasteiger partial charge in [0.05, 0.1) is 23.3 Å². The minimum absolute atomic E-state index is 0.678. The van der Waals surface area contributed by atoms with Crippen molar-refractivity contribution in [3.63, 3.8) is 0 Å². The van der Waals surface area contributed by atoms with Gasteiger partial charge in [0.25, 0.3) is 0 Å². The Morgan fingerprint density at radius 1 is 0.345 bits per heavy atom. The largest absolute Gasteiger partial charge is 0.309 e. The van der Waals surface area contributed by atoms with E-state index < -0.39 is 0 Å². The summed E-state index contributed by atoms with van der Waals surface area (Å²) in [5.41, 5.74) is 9.02. The topological polar surface area (TPSA) is 9.29 Å². The highest BCUT2D eigenvalue weighted by atomic mass is 15.0. The summed E-state index contributed by atoms with van der Waals surface area (Å²) < 4.78 is 2.44. The van der Waals surface area contributed by atoms with Crippen LogP contribution in [0.2, 0.25) is 0 Å². The molecule has 2 heteroatoms. The van der Waals surface area contributed by atoms with Gasteiger partial charge in [0.15, 0.2) is 5.69 Å². The average Bonchev–Trinajstić information content (AvgIpc) is 3.59. The molecule has 0 spiro atoms. The van der Waals surface area contributed by atoms with Gasteiger partial charge in [0.2, 0.25) is 0 Å². The Morgan fingerprint density at radius 3 is 1.51 bits per heavy atom. The van der Waals surface area contributed by atoms with Crippen molar-refractivity contribution in [2.24, 2.45) is 0 Å². The number of hydrogen-bond donors (Lipinski definition) is 0. The van der Waals surface area contributed by atoms with Gasteiger partial charge >= 0.3 is 0 Å². The Balaban J connectivity index is 1.23. The molecule has 0 unspecified atom stereocenters. The molecule has 12 aromatic rings. The highest BCUT2D eigenvalue weighted by Gasteiger charge is 2.24. The van der Waals surface area contributed by atoms with E-state index in [2.05, 4.69) is 185 Å². The van der Waals surface area contributed by atoms with E-state index in [1.54, 1.807) is 0 Å². The minimum Gasteiger partial charge on any atom is -0.309 e. The first-order chi connectivity index (χ1) is 27.3. The van der Waals surface area contributed by atoms with Crippen molar-refractivity contribution in [1.29, 1.82) is 0 Å². The molecular weight excluding hydrogens is 665 g/mol. The minimum atomic E-state index is 0.678. The van der Waals surface area contributed by atoms with Gasteiger partial charge in [0.1, 0.15) is 0 Å². The van der Waals surface area contributed by atoms with Gasteiger partial charge < -0.3 is 4.57 Å². The Kier molecular flexibility index (Phi) is 6.15. The van der Waals surface area contributed by atoms with Gasteiger partial charge in [-0.3, -0.25) is 0 Å². The molecule has 1 aromatic heterocycles. The number of nitrogens with zero attached hydrogens (tertiary/aromatic N) is 2. The van der Waals surface area contributed by atoms with Crippen molar-refractivity contribution in [2.75, 3.05) is 0 Å². The molecule has 0 N–H and O–H groups in total. The first kappa shape index (κ1) is 30.0. The fraction of sp³-hybridized carbons (Fsp3) is 0. The van der Waals surface area contributed by atoms with E-state index in [-0.39, 0.29) is 0 Å². The molecule has 0 atom stereocenters. The maximum absolute atomic E-state index is 8.14. The zero-order valence-electron chi connectivity index (χ0n) is 29.7. The van der Waals surface area contributed by atoms with Crippen molar-refractivity contribution in [3.05, 3.63) is 193 Å². The summed E-state index contributed by atoms with van der Waals surface area (Å²) in [5, 5.41) is 16.8. The van der Waals surface area contributed by atoms with Crippen LogP contribution in [-0.4, -0.2) is 4.57 Å². The van der Waals surface area contributed by atoms with Crippen LogP contribution in [0.25, 0.3) is 119 Å². The van der Waals surface area contributed by atoms with Crippen LogP contribution in [0.1, 0.15) is 0 Å². The molecule has 0 aliphatic heterocycles. The zero-order valence-corrected chi connectivity index (χ0v) is 29.7. The van der Waals surface area contributed by atoms with Crippen molar-refractivity contribution in [2.45, 2.75) is 0 Å². The summed E-state index contributed by atoms with van der Waals surface area (Å²) in [4.78, 5) is 4.01. The van der Waals surface area contributed by atoms with Gasteiger partial charge in [-0.15, -0.1) is 0 Å². The number of hydrogen-bond acceptors (Lipinski definition) is 0. The van der Waals surface area contributed by atoms with Gasteiger partial charge in [-0.2, -0.15) is 0 Å². The first-order valence-corrected chi connectivity index (χ1v) is 18.8. The van der Waals surface area contributed by atoms with E-state index in [9.17, 15) is 0 Å². The fourth-order valence-electron chi connectivity index (χ4n) is 9.69. The van der Waals surface area contributed by atoms with Crippen molar-refractivity contribution < 1.29 is 0 Å². The summed E-state index contributed by atoms with van der Waals surface area (Å²) in [7, 11) is 0. The van der Waals surface area contributed by atoms with Crippen molar-refractivity contribution >= 4 is 92.1 Å². The Morgan fingerprint density at radius 2 is 0.836 bits per heavy atom. The number of rotatable bonds is 3. The number of aromatic nitrogens is 1. The van der Waals surface area contributed by atoms with E-state index in [4.69, 9.17) is 6.57 Å². The second-order valence-corrected chi connectivity index (χ2v) is 14.6. The maximum atomic E-state index is 8.14. The van der Waals surface area contributed by atoms with E-state index in [0.717, 1.165) is 27.5 Å². The summed E-state index contributed by atoms with van der Waals surface area (Å²) in [6.07, 6.45) is 0. The van der Waals surface area contributed by atoms with Crippen LogP contribution >= 0.6 is 0 Å². The second kappa shape index (κ2) is 11.3. The molecule has 55 heavy (non-hydrogen) atoms. The maximum Gasteiger partial charge on any atom is 0.195 e. The standard InChI is InChI=1S/C53H30N2/c1-54-46-28-30-48-53-45(46)26-25-44-43(27-29-47(52(44)53)55(48)49-31-33-14-3-5-17-35(33)36-18-6-7-19-37(36)49)51-41-22-10-8-20-39(41)50(40-21-9-11-23-42(40)51)38-24-12-15-32-13-2-4-16-34(32)38/h2-31H. The molecule has 0 saturated heterocycles. The third kappa shape index (κ3) is 4.07. The number of benzene rings is 11. The first-order valence-electron chi connectivity index (χ1n) is 18.8. The van der Waals surface area contributed by atoms with Crippen LogP contribution in [0.15, 0.2) is 182 Å². The van der Waals surface area contributed by atoms with E-state index in [0.29, 0.717) is 5.69 Å². The van der Waals surface area contributed by atoms with Crippen molar-refractivity contribution in [3.8, 4) is 27.9 Å². The van der Waals surface area contributed by atoms with Crippen LogP contribution in [0.3, 0.4) is 0 Å². The van der Waals surface area contributed by atoms with Crippen LogP contribution in [0.4, 0.5) is 5.69 Å². The molecule has 11 aromatic carbocycles. The lowest BCUT2D eigenvalue weighted by molar-refractivity contribution is 1.20. The van der Waals surface area contributed by atoms with E-state index >= 15 is 0 Å². The molecule has 0 aliphatic carbocycles. The lowest BCUT2D eigenvalue weighted by Crippen LogP contribution is -1.96. The molecule has 0 aliphatic rings.